The van der Waals surface area contributed by atoms with E-state index in [1.165, 1.54) is 4.88 Å². The highest BCUT2D eigenvalue weighted by Crippen LogP contribution is 2.26. The first-order valence-electron chi connectivity index (χ1n) is 7.43. The van der Waals surface area contributed by atoms with E-state index in [1.54, 1.807) is 23.5 Å². The van der Waals surface area contributed by atoms with Gasteiger partial charge in [0.15, 0.2) is 0 Å². The van der Waals surface area contributed by atoms with Crippen molar-refractivity contribution in [2.45, 2.75) is 46.6 Å². The molecule has 0 amide bonds. The molecule has 21 heavy (non-hydrogen) atoms. The van der Waals surface area contributed by atoms with Gasteiger partial charge in [-0.15, -0.1) is 11.3 Å². The van der Waals surface area contributed by atoms with Gasteiger partial charge in [0, 0.05) is 17.3 Å². The number of rotatable bonds is 6. The second-order valence-corrected chi connectivity index (χ2v) is 6.75. The Hall–Kier alpha value is -1.26. The van der Waals surface area contributed by atoms with Crippen LogP contribution in [0.15, 0.2) is 18.2 Å². The van der Waals surface area contributed by atoms with Gasteiger partial charge in [-0.05, 0) is 57.0 Å². The zero-order chi connectivity index (χ0) is 15.4. The largest absolute Gasteiger partial charge is 0.310 e. The van der Waals surface area contributed by atoms with Crippen molar-refractivity contribution in [1.29, 1.82) is 0 Å². The zero-order valence-corrected chi connectivity index (χ0v) is 14.0. The molecule has 4 heteroatoms. The molecule has 0 aliphatic rings. The van der Waals surface area contributed by atoms with Gasteiger partial charge in [0.05, 0.1) is 10.7 Å². The number of hydrogen-bond donors (Lipinski definition) is 1. The molecule has 0 saturated heterocycles. The van der Waals surface area contributed by atoms with Gasteiger partial charge in [0.2, 0.25) is 0 Å². The third-order valence-corrected chi connectivity index (χ3v) is 4.79. The van der Waals surface area contributed by atoms with Crippen LogP contribution in [0.3, 0.4) is 0 Å². The van der Waals surface area contributed by atoms with Crippen molar-refractivity contribution < 1.29 is 4.39 Å². The molecule has 2 aromatic rings. The summed E-state index contributed by atoms with van der Waals surface area (Å²) in [4.78, 5) is 5.91. The molecule has 2 nitrogen and oxygen atoms in total. The highest BCUT2D eigenvalue weighted by Gasteiger charge is 2.16. The summed E-state index contributed by atoms with van der Waals surface area (Å²) in [5, 5.41) is 4.71. The van der Waals surface area contributed by atoms with E-state index in [9.17, 15) is 4.39 Å². The van der Waals surface area contributed by atoms with Crippen molar-refractivity contribution in [2.75, 3.05) is 6.54 Å². The number of nitrogens with one attached hydrogen (secondary N) is 1. The maximum Gasteiger partial charge on any atom is 0.123 e. The first-order valence-corrected chi connectivity index (χ1v) is 8.25. The van der Waals surface area contributed by atoms with E-state index in [2.05, 4.69) is 24.1 Å². The minimum atomic E-state index is -0.175. The number of halogens is 1. The Morgan fingerprint density at radius 2 is 2.05 bits per heavy atom. The average Bonchev–Trinajstić information content (AvgIpc) is 2.74. The number of aromatic nitrogens is 1. The van der Waals surface area contributed by atoms with Crippen LogP contribution in [0.4, 0.5) is 4.39 Å². The summed E-state index contributed by atoms with van der Waals surface area (Å²) in [5.41, 5.74) is 3.27. The van der Waals surface area contributed by atoms with Crippen molar-refractivity contribution in [3.05, 3.63) is 50.7 Å². The smallest absolute Gasteiger partial charge is 0.123 e. The maximum absolute atomic E-state index is 13.3. The van der Waals surface area contributed by atoms with Crippen molar-refractivity contribution in [3.8, 4) is 0 Å². The lowest BCUT2D eigenvalue weighted by Gasteiger charge is -2.20. The number of nitrogens with zero attached hydrogens (tertiary/aromatic N) is 1. The van der Waals surface area contributed by atoms with Crippen LogP contribution >= 0.6 is 11.3 Å². The lowest BCUT2D eigenvalue weighted by Crippen LogP contribution is -2.24. The van der Waals surface area contributed by atoms with E-state index < -0.39 is 0 Å². The van der Waals surface area contributed by atoms with Crippen molar-refractivity contribution in [3.63, 3.8) is 0 Å². The fraction of sp³-hybridized carbons (Fsp3) is 0.471. The van der Waals surface area contributed by atoms with Gasteiger partial charge >= 0.3 is 0 Å². The molecular formula is C17H23FN2S. The van der Waals surface area contributed by atoms with Crippen LogP contribution in [-0.4, -0.2) is 11.5 Å². The van der Waals surface area contributed by atoms with Crippen LogP contribution in [-0.2, 0) is 6.42 Å². The molecule has 1 N–H and O–H groups in total. The molecule has 0 aliphatic carbocycles. The second-order valence-electron chi connectivity index (χ2n) is 5.46. The Morgan fingerprint density at radius 3 is 2.62 bits per heavy atom. The summed E-state index contributed by atoms with van der Waals surface area (Å²) in [6, 6.07) is 5.23. The average molecular weight is 306 g/mol. The highest BCUT2D eigenvalue weighted by atomic mass is 32.1. The summed E-state index contributed by atoms with van der Waals surface area (Å²) in [7, 11) is 0. The van der Waals surface area contributed by atoms with Crippen LogP contribution in [0.2, 0.25) is 0 Å². The summed E-state index contributed by atoms with van der Waals surface area (Å²) in [5.74, 6) is -0.175. The molecule has 2 rings (SSSR count). The van der Waals surface area contributed by atoms with Crippen molar-refractivity contribution in [1.82, 2.24) is 10.3 Å². The Bertz CT molecular complexity index is 587. The lowest BCUT2D eigenvalue weighted by atomic mass is 9.98. The minimum Gasteiger partial charge on any atom is -0.310 e. The zero-order valence-electron chi connectivity index (χ0n) is 13.2. The SMILES string of the molecule is CCCNC(Cc1nc(C)c(C)s1)c1ccc(F)cc1C. The molecule has 0 spiro atoms. The third-order valence-electron chi connectivity index (χ3n) is 3.70. The van der Waals surface area contributed by atoms with Crippen LogP contribution in [0.25, 0.3) is 0 Å². The fourth-order valence-corrected chi connectivity index (χ4v) is 3.42. The molecule has 1 aromatic heterocycles. The fourth-order valence-electron chi connectivity index (χ4n) is 2.44. The molecule has 0 radical (unpaired) electrons. The molecule has 0 fully saturated rings. The Balaban J connectivity index is 2.24. The van der Waals surface area contributed by atoms with Crippen LogP contribution in [0.5, 0.6) is 0 Å². The predicted octanol–water partition coefficient (Wildman–Crippen LogP) is 4.49. The van der Waals surface area contributed by atoms with Gasteiger partial charge in [-0.3, -0.25) is 0 Å². The van der Waals surface area contributed by atoms with Gasteiger partial charge in [-0.1, -0.05) is 13.0 Å². The summed E-state index contributed by atoms with van der Waals surface area (Å²) in [6.45, 7) is 9.22. The van der Waals surface area contributed by atoms with E-state index in [0.29, 0.717) is 0 Å². The third kappa shape index (κ3) is 4.11. The number of benzene rings is 1. The summed E-state index contributed by atoms with van der Waals surface area (Å²) >= 11 is 1.75. The first-order chi connectivity index (χ1) is 10.0. The van der Waals surface area contributed by atoms with Gasteiger partial charge in [0.25, 0.3) is 0 Å². The molecular weight excluding hydrogens is 283 g/mol. The molecule has 114 valence electrons. The molecule has 0 bridgehead atoms. The number of hydrogen-bond acceptors (Lipinski definition) is 3. The molecule has 1 heterocycles. The maximum atomic E-state index is 13.3. The predicted molar refractivity (Wildman–Crippen MR) is 87.5 cm³/mol. The van der Waals surface area contributed by atoms with E-state index in [0.717, 1.165) is 41.2 Å². The van der Waals surface area contributed by atoms with E-state index >= 15 is 0 Å². The van der Waals surface area contributed by atoms with Gasteiger partial charge in [0.1, 0.15) is 5.82 Å². The molecule has 1 unspecified atom stereocenters. The monoisotopic (exact) mass is 306 g/mol. The molecule has 0 aliphatic heterocycles. The van der Waals surface area contributed by atoms with Gasteiger partial charge in [-0.2, -0.15) is 0 Å². The van der Waals surface area contributed by atoms with E-state index in [-0.39, 0.29) is 11.9 Å². The van der Waals surface area contributed by atoms with Gasteiger partial charge < -0.3 is 5.32 Å². The standard InChI is InChI=1S/C17H23FN2S/c1-5-8-19-16(10-17-20-12(3)13(4)21-17)15-7-6-14(18)9-11(15)2/h6-7,9,16,19H,5,8,10H2,1-4H3. The summed E-state index contributed by atoms with van der Waals surface area (Å²) < 4.78 is 13.3. The highest BCUT2D eigenvalue weighted by molar-refractivity contribution is 7.11. The minimum absolute atomic E-state index is 0.175. The molecule has 1 aromatic carbocycles. The van der Waals surface area contributed by atoms with Crippen LogP contribution in [0, 0.1) is 26.6 Å². The summed E-state index contributed by atoms with van der Waals surface area (Å²) in [6.07, 6.45) is 1.93. The van der Waals surface area contributed by atoms with E-state index in [4.69, 9.17) is 0 Å². The van der Waals surface area contributed by atoms with E-state index in [1.807, 2.05) is 19.9 Å². The molecule has 1 atom stereocenters. The van der Waals surface area contributed by atoms with Crippen LogP contribution in [0.1, 0.15) is 46.1 Å². The molecule has 0 saturated carbocycles. The van der Waals surface area contributed by atoms with Crippen LogP contribution < -0.4 is 5.32 Å². The number of aryl methyl sites for hydroxylation is 3. The van der Waals surface area contributed by atoms with Gasteiger partial charge in [-0.25, -0.2) is 9.37 Å². The van der Waals surface area contributed by atoms with Crippen molar-refractivity contribution in [2.24, 2.45) is 0 Å². The second kappa shape index (κ2) is 7.14. The number of thiazole rings is 1. The topological polar surface area (TPSA) is 24.9 Å². The normalized spacial score (nSPS) is 12.6. The Labute approximate surface area is 130 Å². The lowest BCUT2D eigenvalue weighted by molar-refractivity contribution is 0.524. The first kappa shape index (κ1) is 16.1. The Kier molecular flexibility index (Phi) is 5.48. The Morgan fingerprint density at radius 1 is 1.29 bits per heavy atom. The quantitative estimate of drug-likeness (QED) is 0.850. The van der Waals surface area contributed by atoms with Crippen molar-refractivity contribution >= 4 is 11.3 Å².